The highest BCUT2D eigenvalue weighted by Gasteiger charge is 2.47. The fraction of sp³-hybridized carbons (Fsp3) is 0.833. The topological polar surface area (TPSA) is 339 Å². The van der Waals surface area contributed by atoms with Crippen LogP contribution >= 0.6 is 0 Å². The average Bonchev–Trinajstić information content (AvgIpc) is 0.808. The highest BCUT2D eigenvalue weighted by molar-refractivity contribution is 6.00. The van der Waals surface area contributed by atoms with E-state index in [9.17, 15) is 33.9 Å². The normalized spacial score (nSPS) is 26.5. The van der Waals surface area contributed by atoms with Gasteiger partial charge in [-0.05, 0) is 121 Å². The molecule has 0 aromatic carbocycles. The van der Waals surface area contributed by atoms with Gasteiger partial charge in [-0.3, -0.25) is 57.6 Å². The van der Waals surface area contributed by atoms with Crippen molar-refractivity contribution in [1.82, 2.24) is 65.8 Å². The average molecular weight is 1430 g/mol. The fourth-order valence-electron chi connectivity index (χ4n) is 13.0. The summed E-state index contributed by atoms with van der Waals surface area (Å²) in [4.78, 5) is 187. The maximum absolute atomic E-state index is 15.5. The molecule has 101 heavy (non-hydrogen) atoms. The Hall–Kier alpha value is -6.72. The molecule has 2 rings (SSSR count). The van der Waals surface area contributed by atoms with Crippen LogP contribution in [0.3, 0.4) is 0 Å². The SMILES string of the molecule is CC[C@@H]1NC(=O)[C@H]([C@H](O)[C@H](C)CCCCCNC(=O)OC)N(C)C(=O)[C@H](C(C)C)N(C)C(=O)[C@H](CC(C)C)N(C)C(=O)[C@H](CC(C)C)N(C)C(=O)[C@@H](C)NC(=O)[C@H](C)NC(=O)[C@H](CC(C)C)N(C)C(=O)[C@H](C(C)C)NC(=O)[C@H]([C@@H](C)OCCCCN2CCOCC2)N(C)C(=O)[C@@H](C)N(C)C1=O. The van der Waals surface area contributed by atoms with Crippen molar-refractivity contribution in [2.75, 3.05) is 102 Å². The highest BCUT2D eigenvalue weighted by Crippen LogP contribution is 2.27. The second-order valence-corrected chi connectivity index (χ2v) is 30.0. The summed E-state index contributed by atoms with van der Waals surface area (Å²) in [5, 5.41) is 26.2. The zero-order valence-electron chi connectivity index (χ0n) is 65.6. The van der Waals surface area contributed by atoms with Crippen molar-refractivity contribution in [1.29, 1.82) is 0 Å². The van der Waals surface area contributed by atoms with E-state index < -0.39 is 167 Å². The van der Waals surface area contributed by atoms with E-state index >= 15 is 28.8 Å². The summed E-state index contributed by atoms with van der Waals surface area (Å²) in [6.07, 6.45) is 0.613. The molecular formula is C72H131N13O16. The molecule has 14 atom stereocenters. The van der Waals surface area contributed by atoms with E-state index in [1.54, 1.807) is 48.5 Å². The molecular weight excluding hydrogens is 1300 g/mol. The number of methoxy groups -OCH3 is 1. The zero-order chi connectivity index (χ0) is 77.2. The Kier molecular flexibility index (Phi) is 38.8. The molecule has 0 aliphatic carbocycles. The summed E-state index contributed by atoms with van der Waals surface area (Å²) in [6.45, 7) is 31.5. The molecule has 2 saturated heterocycles. The number of hydrogen-bond acceptors (Lipinski definition) is 17. The standard InChI is InChI=1S/C72H131N13O16/c1-25-52-67(93)78(17)50(15)66(92)83(22)58(51(16)101-36-30-29-33-85-34-37-100-38-35-85)63(89)77-56(45(8)9)70(96)79(18)53(39-42(2)3)62(88)74-48(13)61(87)75-49(14)65(91)80(19)54(40-43(4)5)68(94)81(20)55(41-44(6)7)69(95)82(21)57(46(10)11)71(97)84(23)59(64(90)76-52)60(86)47(12)31-27-26-28-32-73-72(98)99-24/h42-60,86H,25-41H2,1-24H3,(H,73,98)(H,74,88)(H,75,87)(H,76,90)(H,77,89)/t47-,48+,49-,50-,51-,52+,53+,54+,55+,56+,57+,58+,59+,60-/m1/s1. The molecule has 29 nitrogen and oxygen atoms in total. The summed E-state index contributed by atoms with van der Waals surface area (Å²) in [7, 11) is 11.1. The number of rotatable bonds is 24. The highest BCUT2D eigenvalue weighted by atomic mass is 16.5. The van der Waals surface area contributed by atoms with Crippen LogP contribution in [0.1, 0.15) is 175 Å². The van der Waals surface area contributed by atoms with Gasteiger partial charge in [0, 0.05) is 75.6 Å². The number of amides is 12. The van der Waals surface area contributed by atoms with Crippen LogP contribution in [-0.2, 0) is 67.0 Å². The number of carbonyl (C=O) groups excluding carboxylic acids is 12. The third kappa shape index (κ3) is 26.8. The van der Waals surface area contributed by atoms with Crippen LogP contribution in [0.25, 0.3) is 0 Å². The molecule has 0 aromatic rings. The Balaban J connectivity index is 3.02. The number of unbranched alkanes of at least 4 members (excludes halogenated alkanes) is 3. The molecule has 580 valence electrons. The van der Waals surface area contributed by atoms with Gasteiger partial charge in [-0.2, -0.15) is 0 Å². The van der Waals surface area contributed by atoms with E-state index in [2.05, 4.69) is 36.2 Å². The second kappa shape index (κ2) is 43.4. The monoisotopic (exact) mass is 1430 g/mol. The molecule has 0 unspecified atom stereocenters. The van der Waals surface area contributed by atoms with Gasteiger partial charge in [-0.25, -0.2) is 4.79 Å². The minimum absolute atomic E-state index is 0.0358. The van der Waals surface area contributed by atoms with Gasteiger partial charge in [0.05, 0.1) is 32.5 Å². The van der Waals surface area contributed by atoms with E-state index in [1.807, 2.05) is 41.5 Å². The summed E-state index contributed by atoms with van der Waals surface area (Å²) < 4.78 is 16.6. The number of hydrogen-bond donors (Lipinski definition) is 6. The summed E-state index contributed by atoms with van der Waals surface area (Å²) in [6, 6.07) is -14.4. The molecule has 2 aliphatic rings. The van der Waals surface area contributed by atoms with Crippen molar-refractivity contribution in [3.05, 3.63) is 0 Å². The number of likely N-dealkylation sites (N-methyl/N-ethyl adjacent to an activating group) is 7. The van der Waals surface area contributed by atoms with Gasteiger partial charge >= 0.3 is 6.09 Å². The van der Waals surface area contributed by atoms with Crippen LogP contribution < -0.4 is 26.6 Å². The Morgan fingerprint density at radius 1 is 0.515 bits per heavy atom. The molecule has 12 amide bonds. The quantitative estimate of drug-likeness (QED) is 0.0756. The Labute approximate surface area is 603 Å². The molecule has 29 heteroatoms. The van der Waals surface area contributed by atoms with Gasteiger partial charge in [0.1, 0.15) is 66.5 Å². The van der Waals surface area contributed by atoms with Crippen LogP contribution in [0.15, 0.2) is 0 Å². The number of morpholine rings is 1. The van der Waals surface area contributed by atoms with Gasteiger partial charge in [0.25, 0.3) is 0 Å². The molecule has 0 radical (unpaired) electrons. The van der Waals surface area contributed by atoms with Crippen molar-refractivity contribution in [2.24, 2.45) is 35.5 Å². The first kappa shape index (κ1) is 90.4. The van der Waals surface area contributed by atoms with Gasteiger partial charge < -0.3 is 80.2 Å². The van der Waals surface area contributed by atoms with Crippen LogP contribution in [0.4, 0.5) is 4.79 Å². The number of carbonyl (C=O) groups is 12. The Bertz CT molecular complexity index is 2710. The van der Waals surface area contributed by atoms with Crippen molar-refractivity contribution < 1.29 is 76.9 Å². The number of aliphatic hydroxyl groups excluding tert-OH is 1. The minimum atomic E-state index is -1.69. The van der Waals surface area contributed by atoms with Crippen LogP contribution in [-0.4, -0.2) is 296 Å². The smallest absolute Gasteiger partial charge is 0.406 e. The molecule has 6 N–H and O–H groups in total. The first-order valence-electron chi connectivity index (χ1n) is 36.6. The Morgan fingerprint density at radius 3 is 1.53 bits per heavy atom. The number of nitrogens with zero attached hydrogens (tertiary/aromatic N) is 8. The van der Waals surface area contributed by atoms with E-state index in [0.29, 0.717) is 51.9 Å². The van der Waals surface area contributed by atoms with E-state index in [-0.39, 0.29) is 50.0 Å². The van der Waals surface area contributed by atoms with Crippen molar-refractivity contribution in [3.8, 4) is 0 Å². The molecule has 2 aliphatic heterocycles. The van der Waals surface area contributed by atoms with Crippen LogP contribution in [0, 0.1) is 35.5 Å². The third-order valence-corrected chi connectivity index (χ3v) is 19.6. The van der Waals surface area contributed by atoms with Gasteiger partial charge in [-0.15, -0.1) is 0 Å². The molecule has 0 spiro atoms. The first-order valence-corrected chi connectivity index (χ1v) is 36.6. The van der Waals surface area contributed by atoms with Crippen LogP contribution in [0.2, 0.25) is 0 Å². The predicted octanol–water partition coefficient (Wildman–Crippen LogP) is 3.08. The maximum Gasteiger partial charge on any atom is 0.406 e. The minimum Gasteiger partial charge on any atom is -0.453 e. The van der Waals surface area contributed by atoms with Gasteiger partial charge in [0.2, 0.25) is 65.0 Å². The molecule has 2 heterocycles. The summed E-state index contributed by atoms with van der Waals surface area (Å²) >= 11 is 0. The number of aliphatic hydroxyl groups is 1. The fourth-order valence-corrected chi connectivity index (χ4v) is 13.0. The van der Waals surface area contributed by atoms with Crippen molar-refractivity contribution >= 4 is 71.1 Å². The lowest BCUT2D eigenvalue weighted by atomic mass is 9.90. The Morgan fingerprint density at radius 2 is 1.01 bits per heavy atom. The van der Waals surface area contributed by atoms with E-state index in [4.69, 9.17) is 9.47 Å². The molecule has 0 bridgehead atoms. The van der Waals surface area contributed by atoms with Gasteiger partial charge in [0.15, 0.2) is 0 Å². The molecule has 0 saturated carbocycles. The lowest BCUT2D eigenvalue weighted by Crippen LogP contribution is -2.64. The van der Waals surface area contributed by atoms with Crippen molar-refractivity contribution in [2.45, 2.75) is 254 Å². The lowest BCUT2D eigenvalue weighted by molar-refractivity contribution is -0.157. The predicted molar refractivity (Wildman–Crippen MR) is 385 cm³/mol. The lowest BCUT2D eigenvalue weighted by Gasteiger charge is -2.41. The van der Waals surface area contributed by atoms with E-state index in [1.165, 1.54) is 96.8 Å². The largest absolute Gasteiger partial charge is 0.453 e. The number of ether oxygens (including phenoxy) is 3. The molecule has 2 fully saturated rings. The van der Waals surface area contributed by atoms with Crippen molar-refractivity contribution in [3.63, 3.8) is 0 Å². The second-order valence-electron chi connectivity index (χ2n) is 30.0. The maximum atomic E-state index is 15.5. The van der Waals surface area contributed by atoms with E-state index in [0.717, 1.165) is 40.8 Å². The third-order valence-electron chi connectivity index (χ3n) is 19.6. The number of alkyl carbamates (subject to hydrolysis) is 1. The number of nitrogens with one attached hydrogen (secondary N) is 5. The van der Waals surface area contributed by atoms with Gasteiger partial charge in [-0.1, -0.05) is 95.9 Å². The first-order chi connectivity index (χ1) is 47.1. The van der Waals surface area contributed by atoms with Crippen LogP contribution in [0.5, 0.6) is 0 Å². The zero-order valence-corrected chi connectivity index (χ0v) is 65.6. The summed E-state index contributed by atoms with van der Waals surface area (Å²) in [5.74, 6) is -10.3. The molecule has 0 aromatic heterocycles. The summed E-state index contributed by atoms with van der Waals surface area (Å²) in [5.41, 5.74) is 0.